The van der Waals surface area contributed by atoms with E-state index in [4.69, 9.17) is 10.5 Å². The summed E-state index contributed by atoms with van der Waals surface area (Å²) in [5.74, 6) is 1.61. The number of hydrogen-bond acceptors (Lipinski definition) is 3. The van der Waals surface area contributed by atoms with E-state index in [1.807, 2.05) is 13.1 Å². The van der Waals surface area contributed by atoms with Crippen molar-refractivity contribution in [2.24, 2.45) is 11.7 Å². The first kappa shape index (κ1) is 12.4. The van der Waals surface area contributed by atoms with Crippen LogP contribution in [0.1, 0.15) is 36.6 Å². The van der Waals surface area contributed by atoms with Gasteiger partial charge < -0.3 is 10.5 Å². The van der Waals surface area contributed by atoms with Crippen LogP contribution < -0.4 is 10.5 Å². The molecule has 2 N–H and O–H groups in total. The maximum atomic E-state index is 6.37. The van der Waals surface area contributed by atoms with Crippen molar-refractivity contribution >= 4 is 0 Å². The van der Waals surface area contributed by atoms with E-state index < -0.39 is 0 Å². The molecule has 0 spiro atoms. The minimum absolute atomic E-state index is 0.127. The molecule has 94 valence electrons. The topological polar surface area (TPSA) is 48.1 Å². The highest BCUT2D eigenvalue weighted by Gasteiger charge is 2.39. The van der Waals surface area contributed by atoms with Crippen LogP contribution in [-0.4, -0.2) is 17.6 Å². The minimum atomic E-state index is -0.127. The van der Waals surface area contributed by atoms with Gasteiger partial charge in [0, 0.05) is 35.0 Å². The number of ether oxygens (including phenoxy) is 1. The second-order valence-corrected chi connectivity index (χ2v) is 5.50. The highest BCUT2D eigenvalue weighted by molar-refractivity contribution is 5.41. The van der Waals surface area contributed by atoms with E-state index in [2.05, 4.69) is 18.8 Å². The molecule has 1 aromatic rings. The molecule has 1 atom stereocenters. The predicted octanol–water partition coefficient (Wildman–Crippen LogP) is 2.38. The van der Waals surface area contributed by atoms with Crippen LogP contribution in [0.3, 0.4) is 0 Å². The summed E-state index contributed by atoms with van der Waals surface area (Å²) in [6, 6.07) is 0. The number of aromatic nitrogens is 1. The summed E-state index contributed by atoms with van der Waals surface area (Å²) in [5.41, 5.74) is 9.53. The van der Waals surface area contributed by atoms with E-state index in [-0.39, 0.29) is 5.54 Å². The molecule has 1 aliphatic rings. The molecule has 17 heavy (non-hydrogen) atoms. The number of hydrogen-bond donors (Lipinski definition) is 1. The van der Waals surface area contributed by atoms with Gasteiger partial charge in [-0.25, -0.2) is 0 Å². The normalized spacial score (nSPS) is 18.9. The van der Waals surface area contributed by atoms with Crippen molar-refractivity contribution in [1.29, 1.82) is 0 Å². The fourth-order valence-electron chi connectivity index (χ4n) is 2.50. The third-order valence-electron chi connectivity index (χ3n) is 3.81. The summed E-state index contributed by atoms with van der Waals surface area (Å²) >= 11 is 0. The van der Waals surface area contributed by atoms with Crippen molar-refractivity contribution in [2.75, 3.05) is 7.11 Å². The van der Waals surface area contributed by atoms with E-state index in [1.165, 1.54) is 12.8 Å². The lowest BCUT2D eigenvalue weighted by atomic mass is 9.89. The standard InChI is InChI=1S/C14H22N2O/c1-9-8-16-12(10(2)13(9)17-4)7-14(3,15)11-5-6-11/h8,11H,5-7,15H2,1-4H3. The molecule has 0 radical (unpaired) electrons. The first-order chi connectivity index (χ1) is 7.95. The zero-order valence-electron chi connectivity index (χ0n) is 11.2. The molecule has 2 rings (SSSR count). The molecule has 0 aliphatic heterocycles. The van der Waals surface area contributed by atoms with Crippen molar-refractivity contribution in [1.82, 2.24) is 4.98 Å². The molecular weight excluding hydrogens is 212 g/mol. The molecule has 3 heteroatoms. The van der Waals surface area contributed by atoms with Gasteiger partial charge in [-0.3, -0.25) is 4.98 Å². The maximum Gasteiger partial charge on any atom is 0.128 e. The molecule has 3 nitrogen and oxygen atoms in total. The molecule has 1 saturated carbocycles. The highest BCUT2D eigenvalue weighted by Crippen LogP contribution is 2.40. The fraction of sp³-hybridized carbons (Fsp3) is 0.643. The van der Waals surface area contributed by atoms with Crippen molar-refractivity contribution < 1.29 is 4.74 Å². The molecule has 1 aliphatic carbocycles. The lowest BCUT2D eigenvalue weighted by Crippen LogP contribution is -2.41. The summed E-state index contributed by atoms with van der Waals surface area (Å²) in [6.45, 7) is 6.22. The maximum absolute atomic E-state index is 6.37. The zero-order chi connectivity index (χ0) is 12.6. The number of pyridine rings is 1. The van der Waals surface area contributed by atoms with E-state index >= 15 is 0 Å². The Morgan fingerprint density at radius 1 is 1.47 bits per heavy atom. The zero-order valence-corrected chi connectivity index (χ0v) is 11.2. The molecule has 0 saturated heterocycles. The van der Waals surface area contributed by atoms with Crippen LogP contribution in [0.2, 0.25) is 0 Å². The summed E-state index contributed by atoms with van der Waals surface area (Å²) in [7, 11) is 1.71. The van der Waals surface area contributed by atoms with Crippen molar-refractivity contribution in [3.05, 3.63) is 23.0 Å². The van der Waals surface area contributed by atoms with Crippen molar-refractivity contribution in [2.45, 2.75) is 45.6 Å². The Morgan fingerprint density at radius 2 is 2.12 bits per heavy atom. The van der Waals surface area contributed by atoms with Gasteiger partial charge in [-0.2, -0.15) is 0 Å². The van der Waals surface area contributed by atoms with Gasteiger partial charge in [0.15, 0.2) is 0 Å². The molecule has 0 aromatic carbocycles. The van der Waals surface area contributed by atoms with Crippen LogP contribution in [0.5, 0.6) is 5.75 Å². The van der Waals surface area contributed by atoms with Gasteiger partial charge in [0.2, 0.25) is 0 Å². The lowest BCUT2D eigenvalue weighted by molar-refractivity contribution is 0.391. The molecular formula is C14H22N2O. The third kappa shape index (κ3) is 2.44. The Hall–Kier alpha value is -1.09. The monoisotopic (exact) mass is 234 g/mol. The second-order valence-electron chi connectivity index (χ2n) is 5.50. The van der Waals surface area contributed by atoms with Gasteiger partial charge >= 0.3 is 0 Å². The summed E-state index contributed by atoms with van der Waals surface area (Å²) in [4.78, 5) is 4.52. The van der Waals surface area contributed by atoms with Crippen LogP contribution in [-0.2, 0) is 6.42 Å². The third-order valence-corrected chi connectivity index (χ3v) is 3.81. The van der Waals surface area contributed by atoms with Gasteiger partial charge in [-0.1, -0.05) is 0 Å². The average molecular weight is 234 g/mol. The minimum Gasteiger partial charge on any atom is -0.496 e. The number of methoxy groups -OCH3 is 1. The fourth-order valence-corrected chi connectivity index (χ4v) is 2.50. The molecule has 1 unspecified atom stereocenters. The second kappa shape index (κ2) is 4.30. The Balaban J connectivity index is 2.27. The van der Waals surface area contributed by atoms with Crippen LogP contribution >= 0.6 is 0 Å². The predicted molar refractivity (Wildman–Crippen MR) is 69.3 cm³/mol. The highest BCUT2D eigenvalue weighted by atomic mass is 16.5. The van der Waals surface area contributed by atoms with Gasteiger partial charge in [0.05, 0.1) is 7.11 Å². The van der Waals surface area contributed by atoms with Crippen LogP contribution in [0, 0.1) is 19.8 Å². The van der Waals surface area contributed by atoms with Gasteiger partial charge in [-0.05, 0) is 39.5 Å². The smallest absolute Gasteiger partial charge is 0.128 e. The number of aryl methyl sites for hydroxylation is 1. The number of nitrogens with two attached hydrogens (primary N) is 1. The Morgan fingerprint density at radius 3 is 2.65 bits per heavy atom. The first-order valence-electron chi connectivity index (χ1n) is 6.23. The Labute approximate surface area is 103 Å². The van der Waals surface area contributed by atoms with Gasteiger partial charge in [0.1, 0.15) is 5.75 Å². The first-order valence-corrected chi connectivity index (χ1v) is 6.23. The summed E-state index contributed by atoms with van der Waals surface area (Å²) in [6.07, 6.45) is 5.23. The largest absolute Gasteiger partial charge is 0.496 e. The number of rotatable bonds is 4. The van der Waals surface area contributed by atoms with Crippen molar-refractivity contribution in [3.63, 3.8) is 0 Å². The van der Waals surface area contributed by atoms with E-state index in [0.717, 1.165) is 29.0 Å². The molecule has 1 aromatic heterocycles. The summed E-state index contributed by atoms with van der Waals surface area (Å²) < 4.78 is 5.43. The SMILES string of the molecule is COc1c(C)cnc(CC(C)(N)C2CC2)c1C. The van der Waals surface area contributed by atoms with Gasteiger partial charge in [0.25, 0.3) is 0 Å². The van der Waals surface area contributed by atoms with E-state index in [1.54, 1.807) is 7.11 Å². The number of nitrogens with zero attached hydrogens (tertiary/aromatic N) is 1. The summed E-state index contributed by atoms with van der Waals surface area (Å²) in [5, 5.41) is 0. The molecule has 0 amide bonds. The van der Waals surface area contributed by atoms with Crippen LogP contribution in [0.15, 0.2) is 6.20 Å². The van der Waals surface area contributed by atoms with Crippen LogP contribution in [0.4, 0.5) is 0 Å². The van der Waals surface area contributed by atoms with Crippen molar-refractivity contribution in [3.8, 4) is 5.75 Å². The lowest BCUT2D eigenvalue weighted by Gasteiger charge is -2.25. The van der Waals surface area contributed by atoms with E-state index in [9.17, 15) is 0 Å². The molecule has 1 fully saturated rings. The van der Waals surface area contributed by atoms with E-state index in [0.29, 0.717) is 5.92 Å². The Kier molecular flexibility index (Phi) is 3.13. The quantitative estimate of drug-likeness (QED) is 0.870. The molecule has 0 bridgehead atoms. The van der Waals surface area contributed by atoms with Gasteiger partial charge in [-0.15, -0.1) is 0 Å². The molecule has 1 heterocycles. The average Bonchev–Trinajstić information content (AvgIpc) is 3.07. The Bertz CT molecular complexity index is 422. The van der Waals surface area contributed by atoms with Crippen LogP contribution in [0.25, 0.3) is 0 Å².